The average molecular weight is 766 g/mol. The quantitative estimate of drug-likeness (QED) is 0.177. The molecule has 0 amide bonds. The molecule has 2 nitrogen and oxygen atoms in total. The Morgan fingerprint density at radius 2 is 0.900 bits per heavy atom. The second-order valence-corrected chi connectivity index (χ2v) is 17.2. The van der Waals surface area contributed by atoms with Gasteiger partial charge in [0.15, 0.2) is 0 Å². The van der Waals surface area contributed by atoms with Crippen LogP contribution in [0.1, 0.15) is 47.2 Å². The van der Waals surface area contributed by atoms with Crippen molar-refractivity contribution >= 4 is 39.0 Å². The SMILES string of the molecule is CC1(C)c2ccccc2-c2ccc(-c3ccc(N(c4ccc5c(c4)oc4ccccc45)c4cccc5c4-c4ccccc4C54c5ccccc5-c5ccccc54)cc3)cc21. The summed E-state index contributed by atoms with van der Waals surface area (Å²) in [6.45, 7) is 4.70. The monoisotopic (exact) mass is 765 g/mol. The van der Waals surface area contributed by atoms with E-state index in [9.17, 15) is 0 Å². The summed E-state index contributed by atoms with van der Waals surface area (Å²) in [5.74, 6) is 0. The highest BCUT2D eigenvalue weighted by Crippen LogP contribution is 2.64. The maximum Gasteiger partial charge on any atom is 0.137 e. The van der Waals surface area contributed by atoms with Crippen LogP contribution in [0.15, 0.2) is 205 Å². The van der Waals surface area contributed by atoms with E-state index in [0.717, 1.165) is 39.0 Å². The van der Waals surface area contributed by atoms with Crippen LogP contribution in [0, 0.1) is 0 Å². The molecule has 0 bridgehead atoms. The van der Waals surface area contributed by atoms with E-state index >= 15 is 0 Å². The molecule has 0 fully saturated rings. The molecule has 1 aromatic heterocycles. The van der Waals surface area contributed by atoms with Crippen molar-refractivity contribution in [1.82, 2.24) is 0 Å². The molecule has 0 saturated heterocycles. The lowest BCUT2D eigenvalue weighted by Crippen LogP contribution is -2.26. The first-order valence-corrected chi connectivity index (χ1v) is 21.0. The third-order valence-corrected chi connectivity index (χ3v) is 13.9. The largest absolute Gasteiger partial charge is 0.456 e. The number of rotatable bonds is 4. The van der Waals surface area contributed by atoms with Crippen LogP contribution in [0.5, 0.6) is 0 Å². The zero-order valence-electron chi connectivity index (χ0n) is 33.4. The van der Waals surface area contributed by atoms with E-state index in [1.165, 1.54) is 77.9 Å². The van der Waals surface area contributed by atoms with Crippen molar-refractivity contribution in [2.75, 3.05) is 4.90 Å². The van der Waals surface area contributed by atoms with Crippen LogP contribution in [0.25, 0.3) is 66.4 Å². The molecule has 0 atom stereocenters. The predicted molar refractivity (Wildman–Crippen MR) is 248 cm³/mol. The van der Waals surface area contributed by atoms with Crippen molar-refractivity contribution in [1.29, 1.82) is 0 Å². The van der Waals surface area contributed by atoms with Gasteiger partial charge in [0.25, 0.3) is 0 Å². The minimum Gasteiger partial charge on any atom is -0.456 e. The number of furan rings is 1. The molecule has 0 N–H and O–H groups in total. The van der Waals surface area contributed by atoms with E-state index in [0.29, 0.717) is 0 Å². The fourth-order valence-corrected chi connectivity index (χ4v) is 11.3. The van der Waals surface area contributed by atoms with Crippen LogP contribution < -0.4 is 4.90 Å². The number of anilines is 3. The Bertz CT molecular complexity index is 3370. The lowest BCUT2D eigenvalue weighted by atomic mass is 9.70. The summed E-state index contributed by atoms with van der Waals surface area (Å²) in [6.07, 6.45) is 0. The summed E-state index contributed by atoms with van der Waals surface area (Å²) >= 11 is 0. The van der Waals surface area contributed by atoms with E-state index in [2.05, 4.69) is 213 Å². The number of fused-ring (bicyclic) bond motifs is 16. The first-order chi connectivity index (χ1) is 29.5. The first kappa shape index (κ1) is 33.5. The summed E-state index contributed by atoms with van der Waals surface area (Å²) in [6, 6.07) is 74.2. The Hall–Kier alpha value is -7.42. The Labute approximate surface area is 349 Å². The third kappa shape index (κ3) is 4.32. The molecule has 9 aromatic carbocycles. The number of hydrogen-bond donors (Lipinski definition) is 0. The Balaban J connectivity index is 1.02. The molecule has 0 unspecified atom stereocenters. The van der Waals surface area contributed by atoms with Crippen molar-refractivity contribution in [3.05, 3.63) is 234 Å². The number of benzene rings is 9. The Morgan fingerprint density at radius 3 is 1.63 bits per heavy atom. The first-order valence-electron chi connectivity index (χ1n) is 21.0. The van der Waals surface area contributed by atoms with E-state index in [1.54, 1.807) is 0 Å². The smallest absolute Gasteiger partial charge is 0.137 e. The van der Waals surface area contributed by atoms with Crippen LogP contribution in [-0.4, -0.2) is 0 Å². The van der Waals surface area contributed by atoms with Gasteiger partial charge in [-0.15, -0.1) is 0 Å². The normalized spacial score (nSPS) is 14.4. The number of hydrogen-bond acceptors (Lipinski definition) is 2. The Morgan fingerprint density at radius 1 is 0.367 bits per heavy atom. The maximum absolute atomic E-state index is 6.55. The van der Waals surface area contributed by atoms with Gasteiger partial charge < -0.3 is 9.32 Å². The molecule has 3 aliphatic rings. The molecule has 10 aromatic rings. The lowest BCUT2D eigenvalue weighted by Gasteiger charge is -2.31. The lowest BCUT2D eigenvalue weighted by molar-refractivity contribution is 0.660. The molecule has 13 rings (SSSR count). The summed E-state index contributed by atoms with van der Waals surface area (Å²) < 4.78 is 6.55. The van der Waals surface area contributed by atoms with Crippen molar-refractivity contribution in [3.63, 3.8) is 0 Å². The molecular formula is C58H39NO. The molecule has 0 aliphatic heterocycles. The Kier molecular flexibility index (Phi) is 6.74. The summed E-state index contributed by atoms with van der Waals surface area (Å²) in [5.41, 5.74) is 22.9. The third-order valence-electron chi connectivity index (χ3n) is 13.9. The average Bonchev–Trinajstić information content (AvgIpc) is 3.99. The minimum absolute atomic E-state index is 0.0599. The predicted octanol–water partition coefficient (Wildman–Crippen LogP) is 15.4. The molecule has 282 valence electrons. The molecule has 60 heavy (non-hydrogen) atoms. The van der Waals surface area contributed by atoms with Gasteiger partial charge in [-0.25, -0.2) is 0 Å². The van der Waals surface area contributed by atoms with Gasteiger partial charge in [-0.2, -0.15) is 0 Å². The van der Waals surface area contributed by atoms with Crippen molar-refractivity contribution in [2.45, 2.75) is 24.7 Å². The molecule has 0 radical (unpaired) electrons. The van der Waals surface area contributed by atoms with Crippen molar-refractivity contribution in [2.24, 2.45) is 0 Å². The highest BCUT2D eigenvalue weighted by Gasteiger charge is 2.52. The van der Waals surface area contributed by atoms with Crippen LogP contribution in [0.4, 0.5) is 17.1 Å². The van der Waals surface area contributed by atoms with Gasteiger partial charge in [0.2, 0.25) is 0 Å². The highest BCUT2D eigenvalue weighted by atomic mass is 16.3. The molecule has 0 saturated carbocycles. The van der Waals surface area contributed by atoms with Gasteiger partial charge in [0.05, 0.1) is 11.1 Å². The molecule has 1 spiro atoms. The van der Waals surface area contributed by atoms with Crippen molar-refractivity contribution < 1.29 is 4.42 Å². The van der Waals surface area contributed by atoms with Gasteiger partial charge >= 0.3 is 0 Å². The topological polar surface area (TPSA) is 16.4 Å². The van der Waals surface area contributed by atoms with Crippen LogP contribution in [0.2, 0.25) is 0 Å². The van der Waals surface area contributed by atoms with E-state index in [1.807, 2.05) is 6.07 Å². The molecule has 1 heterocycles. The second kappa shape index (κ2) is 12.1. The van der Waals surface area contributed by atoms with Gasteiger partial charge in [0, 0.05) is 39.2 Å². The van der Waals surface area contributed by atoms with E-state index in [4.69, 9.17) is 4.42 Å². The van der Waals surface area contributed by atoms with Gasteiger partial charge in [-0.3, -0.25) is 0 Å². The van der Waals surface area contributed by atoms with E-state index in [-0.39, 0.29) is 5.41 Å². The van der Waals surface area contributed by atoms with Gasteiger partial charge in [-0.05, 0) is 115 Å². The molecular weight excluding hydrogens is 727 g/mol. The highest BCUT2D eigenvalue weighted by molar-refractivity contribution is 6.07. The summed E-state index contributed by atoms with van der Waals surface area (Å²) in [4.78, 5) is 2.44. The molecule has 3 aliphatic carbocycles. The maximum atomic E-state index is 6.55. The summed E-state index contributed by atoms with van der Waals surface area (Å²) in [5, 5.41) is 2.25. The summed E-state index contributed by atoms with van der Waals surface area (Å²) in [7, 11) is 0. The van der Waals surface area contributed by atoms with Crippen LogP contribution in [0.3, 0.4) is 0 Å². The zero-order valence-corrected chi connectivity index (χ0v) is 33.4. The van der Waals surface area contributed by atoms with Gasteiger partial charge in [0.1, 0.15) is 11.2 Å². The zero-order chi connectivity index (χ0) is 39.7. The van der Waals surface area contributed by atoms with Crippen LogP contribution in [-0.2, 0) is 10.8 Å². The number of para-hydroxylation sites is 1. The fraction of sp³-hybridized carbons (Fsp3) is 0.0690. The van der Waals surface area contributed by atoms with E-state index < -0.39 is 5.41 Å². The minimum atomic E-state index is -0.436. The number of nitrogens with zero attached hydrogens (tertiary/aromatic N) is 1. The molecule has 2 heteroatoms. The van der Waals surface area contributed by atoms with Crippen molar-refractivity contribution in [3.8, 4) is 44.5 Å². The fourth-order valence-electron chi connectivity index (χ4n) is 11.3. The second-order valence-electron chi connectivity index (χ2n) is 17.2. The van der Waals surface area contributed by atoms with Crippen LogP contribution >= 0.6 is 0 Å². The van der Waals surface area contributed by atoms with Gasteiger partial charge in [-0.1, -0.05) is 166 Å². The standard InChI is InChI=1S/C58H39NO/c1-57(2)47-19-8-3-14-40(47)43-32-28-37(34-52(43)57)36-26-29-38(30-27-36)59(39-31-33-45-44-17-7-12-25-54(44)60-55(45)35-39)53-24-13-23-51-56(53)46-18-6-11-22-50(46)58(51)48-20-9-4-15-41(48)42-16-5-10-21-49(42)58/h3-35H,1-2H3.